The van der Waals surface area contributed by atoms with E-state index in [2.05, 4.69) is 20.4 Å². The van der Waals surface area contributed by atoms with Crippen molar-refractivity contribution in [2.24, 2.45) is 17.3 Å². The Hall–Kier alpha value is -0.340. The van der Waals surface area contributed by atoms with Gasteiger partial charge in [-0.05, 0) is 24.2 Å². The highest BCUT2D eigenvalue weighted by atomic mass is 16.7. The summed E-state index contributed by atoms with van der Waals surface area (Å²) in [5.41, 5.74) is 0.388. The molecule has 0 saturated heterocycles. The van der Waals surface area contributed by atoms with Crippen LogP contribution in [0.4, 0.5) is 0 Å². The molecule has 0 aromatic carbocycles. The highest BCUT2D eigenvalue weighted by molar-refractivity contribution is 4.97. The van der Waals surface area contributed by atoms with Gasteiger partial charge in [0.2, 0.25) is 0 Å². The molecule has 1 aliphatic rings. The molecule has 0 aliphatic heterocycles. The van der Waals surface area contributed by atoms with Crippen LogP contribution in [0.25, 0.3) is 0 Å². The normalized spacial score (nSPS) is 30.9. The van der Waals surface area contributed by atoms with Gasteiger partial charge in [0, 0.05) is 20.1 Å². The highest BCUT2D eigenvalue weighted by Gasteiger charge is 2.41. The number of rotatable bonds is 4. The second-order valence-electron chi connectivity index (χ2n) is 4.98. The van der Waals surface area contributed by atoms with Crippen LogP contribution in [-0.2, 0) is 9.47 Å². The van der Waals surface area contributed by atoms with Crippen LogP contribution in [0.2, 0.25) is 0 Å². The minimum Gasteiger partial charge on any atom is -0.356 e. The molecule has 0 radical (unpaired) electrons. The van der Waals surface area contributed by atoms with Gasteiger partial charge in [0.15, 0.2) is 6.29 Å². The predicted molar refractivity (Wildman–Crippen MR) is 58.0 cm³/mol. The van der Waals surface area contributed by atoms with Crippen molar-refractivity contribution in [2.45, 2.75) is 33.0 Å². The zero-order valence-corrected chi connectivity index (χ0v) is 9.75. The lowest BCUT2D eigenvalue weighted by Gasteiger charge is -2.24. The lowest BCUT2D eigenvalue weighted by Crippen LogP contribution is -2.27. The van der Waals surface area contributed by atoms with Crippen LogP contribution in [0.3, 0.4) is 0 Å². The molecule has 0 spiro atoms. The van der Waals surface area contributed by atoms with E-state index in [1.165, 1.54) is 6.42 Å². The predicted octanol–water partition coefficient (Wildman–Crippen LogP) is 2.84. The van der Waals surface area contributed by atoms with Crippen molar-refractivity contribution < 1.29 is 9.47 Å². The maximum absolute atomic E-state index is 5.34. The molecule has 1 saturated carbocycles. The molecule has 2 atom stereocenters. The van der Waals surface area contributed by atoms with E-state index < -0.39 is 0 Å². The van der Waals surface area contributed by atoms with Crippen LogP contribution >= 0.6 is 0 Å². The Bertz CT molecular complexity index is 194. The average Bonchev–Trinajstić information content (AvgIpc) is 2.44. The molecule has 1 fully saturated rings. The van der Waals surface area contributed by atoms with Crippen LogP contribution < -0.4 is 0 Å². The highest BCUT2D eigenvalue weighted by Crippen LogP contribution is 2.47. The summed E-state index contributed by atoms with van der Waals surface area (Å²) in [6.45, 7) is 8.49. The van der Waals surface area contributed by atoms with Gasteiger partial charge < -0.3 is 9.47 Å². The van der Waals surface area contributed by atoms with E-state index in [4.69, 9.17) is 9.47 Å². The number of hydrogen-bond donors (Lipinski definition) is 0. The summed E-state index contributed by atoms with van der Waals surface area (Å²) in [5.74, 6) is 0.979. The summed E-state index contributed by atoms with van der Waals surface area (Å²) in [6.07, 6.45) is 4.30. The first-order valence-corrected chi connectivity index (χ1v) is 5.22. The second kappa shape index (κ2) is 4.45. The summed E-state index contributed by atoms with van der Waals surface area (Å²) in [7, 11) is 3.42. The molecule has 82 valence electrons. The first kappa shape index (κ1) is 11.7. The monoisotopic (exact) mass is 198 g/mol. The van der Waals surface area contributed by atoms with E-state index in [0.29, 0.717) is 17.3 Å². The lowest BCUT2D eigenvalue weighted by molar-refractivity contribution is -0.142. The van der Waals surface area contributed by atoms with E-state index in [0.717, 1.165) is 6.42 Å². The molecule has 1 rings (SSSR count). The zero-order chi connectivity index (χ0) is 10.8. The molecule has 14 heavy (non-hydrogen) atoms. The Morgan fingerprint density at radius 3 is 2.29 bits per heavy atom. The Morgan fingerprint density at radius 1 is 1.29 bits per heavy atom. The van der Waals surface area contributed by atoms with Crippen LogP contribution in [0.1, 0.15) is 26.7 Å². The molecular formula is C12H22O2. The average molecular weight is 198 g/mol. The largest absolute Gasteiger partial charge is 0.356 e. The van der Waals surface area contributed by atoms with Gasteiger partial charge in [-0.25, -0.2) is 0 Å². The van der Waals surface area contributed by atoms with E-state index in [9.17, 15) is 0 Å². The van der Waals surface area contributed by atoms with E-state index >= 15 is 0 Å². The second-order valence-corrected chi connectivity index (χ2v) is 4.98. The fourth-order valence-electron chi connectivity index (χ4n) is 2.66. The first-order valence-electron chi connectivity index (χ1n) is 5.22. The van der Waals surface area contributed by atoms with Gasteiger partial charge in [0.25, 0.3) is 0 Å². The van der Waals surface area contributed by atoms with Gasteiger partial charge in [-0.15, -0.1) is 6.58 Å². The van der Waals surface area contributed by atoms with Crippen molar-refractivity contribution in [1.29, 1.82) is 0 Å². The Kier molecular flexibility index (Phi) is 3.73. The fraction of sp³-hybridized carbons (Fsp3) is 0.833. The Labute approximate surface area is 87.3 Å². The summed E-state index contributed by atoms with van der Waals surface area (Å²) >= 11 is 0. The quantitative estimate of drug-likeness (QED) is 0.511. The topological polar surface area (TPSA) is 18.5 Å². The maximum atomic E-state index is 5.34. The molecule has 0 amide bonds. The minimum absolute atomic E-state index is 0.0835. The standard InChI is InChI=1S/C12H22O2/c1-6-9-7-12(2,3)8-10(9)11(13-4)14-5/h6,9-11H,1,7-8H2,2-5H3. The molecule has 0 bridgehead atoms. The molecule has 1 aliphatic carbocycles. The van der Waals surface area contributed by atoms with Gasteiger partial charge in [-0.2, -0.15) is 0 Å². The number of ether oxygens (including phenoxy) is 2. The van der Waals surface area contributed by atoms with Crippen molar-refractivity contribution in [3.63, 3.8) is 0 Å². The van der Waals surface area contributed by atoms with Crippen LogP contribution in [-0.4, -0.2) is 20.5 Å². The molecule has 0 aromatic rings. The minimum atomic E-state index is -0.0835. The van der Waals surface area contributed by atoms with Gasteiger partial charge >= 0.3 is 0 Å². The van der Waals surface area contributed by atoms with E-state index in [1.54, 1.807) is 14.2 Å². The number of methoxy groups -OCH3 is 2. The third-order valence-corrected chi connectivity index (χ3v) is 3.24. The third kappa shape index (κ3) is 2.37. The molecule has 0 N–H and O–H groups in total. The van der Waals surface area contributed by atoms with Gasteiger partial charge in [0.05, 0.1) is 0 Å². The van der Waals surface area contributed by atoms with Gasteiger partial charge in [0.1, 0.15) is 0 Å². The number of hydrogen-bond acceptors (Lipinski definition) is 2. The van der Waals surface area contributed by atoms with Crippen molar-refractivity contribution >= 4 is 0 Å². The van der Waals surface area contributed by atoms with Crippen molar-refractivity contribution in [3.05, 3.63) is 12.7 Å². The molecule has 2 nitrogen and oxygen atoms in total. The van der Waals surface area contributed by atoms with Crippen molar-refractivity contribution in [2.75, 3.05) is 14.2 Å². The summed E-state index contributed by atoms with van der Waals surface area (Å²) in [6, 6.07) is 0. The summed E-state index contributed by atoms with van der Waals surface area (Å²) < 4.78 is 10.7. The molecule has 2 heteroatoms. The van der Waals surface area contributed by atoms with E-state index in [-0.39, 0.29) is 6.29 Å². The van der Waals surface area contributed by atoms with Crippen molar-refractivity contribution in [1.82, 2.24) is 0 Å². The fourth-order valence-corrected chi connectivity index (χ4v) is 2.66. The Morgan fingerprint density at radius 2 is 1.86 bits per heavy atom. The van der Waals surface area contributed by atoms with Gasteiger partial charge in [-0.3, -0.25) is 0 Å². The van der Waals surface area contributed by atoms with E-state index in [1.807, 2.05) is 6.08 Å². The molecule has 2 unspecified atom stereocenters. The lowest BCUT2D eigenvalue weighted by atomic mass is 9.90. The maximum Gasteiger partial charge on any atom is 0.160 e. The van der Waals surface area contributed by atoms with Gasteiger partial charge in [-0.1, -0.05) is 19.9 Å². The van der Waals surface area contributed by atoms with Crippen LogP contribution in [0.15, 0.2) is 12.7 Å². The van der Waals surface area contributed by atoms with Crippen molar-refractivity contribution in [3.8, 4) is 0 Å². The molecular weight excluding hydrogens is 176 g/mol. The first-order chi connectivity index (χ1) is 6.54. The third-order valence-electron chi connectivity index (χ3n) is 3.24. The molecule has 0 heterocycles. The summed E-state index contributed by atoms with van der Waals surface area (Å²) in [5, 5.41) is 0. The van der Waals surface area contributed by atoms with Crippen LogP contribution in [0, 0.1) is 17.3 Å². The number of allylic oxidation sites excluding steroid dienone is 1. The Balaban J connectivity index is 2.72. The van der Waals surface area contributed by atoms with Crippen LogP contribution in [0.5, 0.6) is 0 Å². The molecule has 0 aromatic heterocycles. The SMILES string of the molecule is C=CC1CC(C)(C)CC1C(OC)OC. The smallest absolute Gasteiger partial charge is 0.160 e. The zero-order valence-electron chi connectivity index (χ0n) is 9.75. The summed E-state index contributed by atoms with van der Waals surface area (Å²) in [4.78, 5) is 0.